The lowest BCUT2D eigenvalue weighted by atomic mass is 10.0. The molecule has 0 saturated heterocycles. The number of methoxy groups -OCH3 is 1. The Balaban J connectivity index is 3.36. The number of halogens is 2. The molecule has 0 spiro atoms. The molecule has 0 heterocycles. The normalized spacial score (nSPS) is 10.1. The van der Waals surface area contributed by atoms with Crippen LogP contribution in [-0.4, -0.2) is 18.2 Å². The molecule has 0 amide bonds. The Morgan fingerprint density at radius 1 is 1.67 bits per heavy atom. The Labute approximate surface area is 95.0 Å². The Morgan fingerprint density at radius 3 is 2.73 bits per heavy atom. The minimum absolute atomic E-state index is 0.00176. The lowest BCUT2D eigenvalue weighted by Crippen LogP contribution is -2.06. The molecule has 5 heteroatoms. The number of hydrogen-bond acceptors (Lipinski definition) is 2. The molecule has 0 atom stereocenters. The molecule has 0 aliphatic rings. The molecular formula is C10H10BrFO3. The predicted octanol–water partition coefficient (Wildman–Crippen LogP) is 2.53. The summed E-state index contributed by atoms with van der Waals surface area (Å²) in [5.74, 6) is -1.58. The van der Waals surface area contributed by atoms with E-state index >= 15 is 0 Å². The summed E-state index contributed by atoms with van der Waals surface area (Å²) in [6.07, 6.45) is -0.259. The zero-order valence-electron chi connectivity index (χ0n) is 8.30. The van der Waals surface area contributed by atoms with Crippen LogP contribution in [0, 0.1) is 12.7 Å². The van der Waals surface area contributed by atoms with Gasteiger partial charge < -0.3 is 9.84 Å². The minimum Gasteiger partial charge on any atom is -0.493 e. The lowest BCUT2D eigenvalue weighted by molar-refractivity contribution is -0.136. The Hall–Kier alpha value is -1.10. The summed E-state index contributed by atoms with van der Waals surface area (Å²) < 4.78 is 18.8. The molecule has 0 fully saturated rings. The lowest BCUT2D eigenvalue weighted by Gasteiger charge is -2.12. The fourth-order valence-corrected chi connectivity index (χ4v) is 1.77. The Bertz CT molecular complexity index is 404. The number of hydrogen-bond donors (Lipinski definition) is 1. The molecule has 0 bridgehead atoms. The van der Waals surface area contributed by atoms with Crippen molar-refractivity contribution in [2.45, 2.75) is 13.3 Å². The summed E-state index contributed by atoms with van der Waals surface area (Å²) in [6, 6.07) is 1.26. The summed E-state index contributed by atoms with van der Waals surface area (Å²) in [5.41, 5.74) is 1.03. The van der Waals surface area contributed by atoms with Crippen molar-refractivity contribution in [2.75, 3.05) is 7.11 Å². The second-order valence-corrected chi connectivity index (χ2v) is 3.90. The Morgan fingerprint density at radius 2 is 2.27 bits per heavy atom. The van der Waals surface area contributed by atoms with Gasteiger partial charge in [0, 0.05) is 10.0 Å². The number of carboxylic acid groups (broad SMARTS) is 1. The molecule has 0 aliphatic carbocycles. The third-order valence-corrected chi connectivity index (χ3v) is 2.91. The van der Waals surface area contributed by atoms with Gasteiger partial charge in [0.2, 0.25) is 0 Å². The van der Waals surface area contributed by atoms with Gasteiger partial charge in [-0.15, -0.1) is 0 Å². The van der Waals surface area contributed by atoms with Crippen molar-refractivity contribution in [2.24, 2.45) is 0 Å². The fourth-order valence-electron chi connectivity index (χ4n) is 1.33. The quantitative estimate of drug-likeness (QED) is 0.923. The Kier molecular flexibility index (Phi) is 3.68. The maximum absolute atomic E-state index is 13.4. The van der Waals surface area contributed by atoms with Crippen molar-refractivity contribution in [1.29, 1.82) is 0 Å². The average Bonchev–Trinajstić information content (AvgIpc) is 2.13. The highest BCUT2D eigenvalue weighted by Crippen LogP contribution is 2.31. The van der Waals surface area contributed by atoms with E-state index in [9.17, 15) is 9.18 Å². The van der Waals surface area contributed by atoms with Crippen LogP contribution < -0.4 is 4.74 Å². The molecular weight excluding hydrogens is 267 g/mol. The van der Waals surface area contributed by atoms with Gasteiger partial charge in [0.15, 0.2) is 11.6 Å². The van der Waals surface area contributed by atoms with Crippen LogP contribution in [0.15, 0.2) is 10.5 Å². The molecule has 82 valence electrons. The summed E-state index contributed by atoms with van der Waals surface area (Å²) in [6.45, 7) is 1.71. The molecule has 15 heavy (non-hydrogen) atoms. The van der Waals surface area contributed by atoms with Gasteiger partial charge in [0.05, 0.1) is 13.5 Å². The summed E-state index contributed by atoms with van der Waals surface area (Å²) >= 11 is 3.16. The highest BCUT2D eigenvalue weighted by Gasteiger charge is 2.17. The number of carbonyl (C=O) groups is 1. The van der Waals surface area contributed by atoms with Crippen molar-refractivity contribution in [3.05, 3.63) is 27.5 Å². The van der Waals surface area contributed by atoms with Crippen molar-refractivity contribution in [3.63, 3.8) is 0 Å². The van der Waals surface area contributed by atoms with Gasteiger partial charge in [-0.05, 0) is 18.6 Å². The highest BCUT2D eigenvalue weighted by molar-refractivity contribution is 9.10. The minimum atomic E-state index is -1.02. The summed E-state index contributed by atoms with van der Waals surface area (Å²) in [7, 11) is 1.32. The smallest absolute Gasteiger partial charge is 0.307 e. The molecule has 1 N–H and O–H groups in total. The van der Waals surface area contributed by atoms with Crippen LogP contribution in [0.25, 0.3) is 0 Å². The van der Waals surface area contributed by atoms with E-state index in [1.807, 2.05) is 0 Å². The molecule has 1 rings (SSSR count). The number of carboxylic acids is 1. The number of aliphatic carboxylic acids is 1. The zero-order valence-corrected chi connectivity index (χ0v) is 9.89. The monoisotopic (exact) mass is 276 g/mol. The van der Waals surface area contributed by atoms with Crippen molar-refractivity contribution in [3.8, 4) is 5.75 Å². The van der Waals surface area contributed by atoms with Crippen molar-refractivity contribution >= 4 is 21.9 Å². The second-order valence-electron chi connectivity index (χ2n) is 3.05. The van der Waals surface area contributed by atoms with Crippen molar-refractivity contribution < 1.29 is 19.0 Å². The van der Waals surface area contributed by atoms with Gasteiger partial charge >= 0.3 is 5.97 Å². The standard InChI is InChI=1S/C10H10BrFO3/c1-5-6(3-9(13)14)10(15-2)8(12)4-7(5)11/h4H,3H2,1-2H3,(H,13,14). The van der Waals surface area contributed by atoms with E-state index in [-0.39, 0.29) is 12.2 Å². The van der Waals surface area contributed by atoms with Gasteiger partial charge in [-0.1, -0.05) is 15.9 Å². The van der Waals surface area contributed by atoms with Crippen LogP contribution in [0.1, 0.15) is 11.1 Å². The molecule has 3 nitrogen and oxygen atoms in total. The molecule has 1 aromatic rings. The number of benzene rings is 1. The molecule has 0 unspecified atom stereocenters. The van der Waals surface area contributed by atoms with E-state index < -0.39 is 11.8 Å². The fraction of sp³-hybridized carbons (Fsp3) is 0.300. The van der Waals surface area contributed by atoms with Crippen LogP contribution in [0.2, 0.25) is 0 Å². The van der Waals surface area contributed by atoms with Gasteiger partial charge in [0.25, 0.3) is 0 Å². The first-order valence-electron chi connectivity index (χ1n) is 4.20. The molecule has 0 radical (unpaired) electrons. The van der Waals surface area contributed by atoms with Crippen LogP contribution in [-0.2, 0) is 11.2 Å². The third-order valence-electron chi connectivity index (χ3n) is 2.09. The molecule has 0 aromatic heterocycles. The van der Waals surface area contributed by atoms with E-state index in [2.05, 4.69) is 15.9 Å². The first kappa shape index (κ1) is 12.0. The first-order valence-corrected chi connectivity index (χ1v) is 5.00. The molecule has 0 saturated carbocycles. The van der Waals surface area contributed by atoms with E-state index in [1.54, 1.807) is 6.92 Å². The first-order chi connectivity index (χ1) is 6.97. The van der Waals surface area contributed by atoms with E-state index in [4.69, 9.17) is 9.84 Å². The molecule has 1 aromatic carbocycles. The van der Waals surface area contributed by atoms with Gasteiger partial charge in [-0.3, -0.25) is 4.79 Å². The summed E-state index contributed by atoms with van der Waals surface area (Å²) in [4.78, 5) is 10.6. The van der Waals surface area contributed by atoms with E-state index in [0.29, 0.717) is 15.6 Å². The van der Waals surface area contributed by atoms with Crippen LogP contribution in [0.3, 0.4) is 0 Å². The van der Waals surface area contributed by atoms with Crippen molar-refractivity contribution in [1.82, 2.24) is 0 Å². The SMILES string of the molecule is COc1c(F)cc(Br)c(C)c1CC(=O)O. The largest absolute Gasteiger partial charge is 0.493 e. The number of ether oxygens (including phenoxy) is 1. The second kappa shape index (κ2) is 4.61. The van der Waals surface area contributed by atoms with E-state index in [1.165, 1.54) is 13.2 Å². The highest BCUT2D eigenvalue weighted by atomic mass is 79.9. The van der Waals surface area contributed by atoms with Crippen LogP contribution >= 0.6 is 15.9 Å². The van der Waals surface area contributed by atoms with E-state index in [0.717, 1.165) is 0 Å². The zero-order chi connectivity index (χ0) is 11.6. The van der Waals surface area contributed by atoms with Gasteiger partial charge in [0.1, 0.15) is 0 Å². The molecule has 0 aliphatic heterocycles. The maximum atomic E-state index is 13.4. The number of rotatable bonds is 3. The van der Waals surface area contributed by atoms with Crippen LogP contribution in [0.5, 0.6) is 5.75 Å². The predicted molar refractivity (Wildman–Crippen MR) is 56.7 cm³/mol. The summed E-state index contributed by atoms with van der Waals surface area (Å²) in [5, 5.41) is 8.70. The average molecular weight is 277 g/mol. The topological polar surface area (TPSA) is 46.5 Å². The third kappa shape index (κ3) is 2.47. The maximum Gasteiger partial charge on any atom is 0.307 e. The van der Waals surface area contributed by atoms with Gasteiger partial charge in [-0.2, -0.15) is 0 Å². The van der Waals surface area contributed by atoms with Gasteiger partial charge in [-0.25, -0.2) is 4.39 Å². The van der Waals surface area contributed by atoms with Crippen LogP contribution in [0.4, 0.5) is 4.39 Å².